The van der Waals surface area contributed by atoms with E-state index in [1.807, 2.05) is 13.0 Å². The quantitative estimate of drug-likeness (QED) is 0.777. The highest BCUT2D eigenvalue weighted by Gasteiger charge is 2.21. The summed E-state index contributed by atoms with van der Waals surface area (Å²) in [6, 6.07) is 15.5. The summed E-state index contributed by atoms with van der Waals surface area (Å²) in [5.41, 5.74) is 3.23. The minimum atomic E-state index is -0.422. The van der Waals surface area contributed by atoms with Gasteiger partial charge < -0.3 is 15.4 Å². The van der Waals surface area contributed by atoms with E-state index in [4.69, 9.17) is 4.74 Å². The molecule has 1 aliphatic heterocycles. The van der Waals surface area contributed by atoms with Crippen LogP contribution in [0.4, 0.5) is 10.5 Å². The number of methoxy groups -OCH3 is 1. The molecule has 1 heterocycles. The minimum absolute atomic E-state index is 0.149. The summed E-state index contributed by atoms with van der Waals surface area (Å²) in [7, 11) is 1.34. The first-order valence-corrected chi connectivity index (χ1v) is 9.58. The lowest BCUT2D eigenvalue weighted by Gasteiger charge is -2.32. The topological polar surface area (TPSA) is 70.7 Å². The first-order valence-electron chi connectivity index (χ1n) is 9.58. The van der Waals surface area contributed by atoms with Crippen molar-refractivity contribution in [3.05, 3.63) is 65.2 Å². The lowest BCUT2D eigenvalue weighted by molar-refractivity contribution is 0.0600. The number of anilines is 1. The van der Waals surface area contributed by atoms with E-state index >= 15 is 0 Å². The fourth-order valence-corrected chi connectivity index (χ4v) is 3.42. The summed E-state index contributed by atoms with van der Waals surface area (Å²) in [6.07, 6.45) is 1.84. The van der Waals surface area contributed by atoms with Gasteiger partial charge in [-0.1, -0.05) is 36.4 Å². The number of carbonyl (C=O) groups excluding carboxylic acids is 2. The van der Waals surface area contributed by atoms with E-state index in [2.05, 4.69) is 39.8 Å². The van der Waals surface area contributed by atoms with Crippen LogP contribution in [0, 0.1) is 6.92 Å². The van der Waals surface area contributed by atoms with E-state index in [1.165, 1.54) is 12.7 Å². The van der Waals surface area contributed by atoms with Crippen molar-refractivity contribution in [3.8, 4) is 0 Å². The molecular weight excluding hydrogens is 354 g/mol. The molecule has 0 bridgehead atoms. The molecule has 0 aromatic heterocycles. The van der Waals surface area contributed by atoms with Crippen LogP contribution in [0.5, 0.6) is 0 Å². The monoisotopic (exact) mass is 381 g/mol. The van der Waals surface area contributed by atoms with Crippen LogP contribution in [0.1, 0.15) is 34.3 Å². The highest BCUT2D eigenvalue weighted by molar-refractivity contribution is 5.94. The first-order chi connectivity index (χ1) is 13.5. The fourth-order valence-electron chi connectivity index (χ4n) is 3.42. The van der Waals surface area contributed by atoms with Crippen molar-refractivity contribution in [2.45, 2.75) is 32.4 Å². The Bertz CT molecular complexity index is 815. The highest BCUT2D eigenvalue weighted by atomic mass is 16.5. The number of aryl methyl sites for hydroxylation is 1. The molecule has 0 radical (unpaired) electrons. The van der Waals surface area contributed by atoms with Crippen molar-refractivity contribution in [3.63, 3.8) is 0 Å². The molecule has 0 saturated carbocycles. The Morgan fingerprint density at radius 2 is 1.82 bits per heavy atom. The van der Waals surface area contributed by atoms with Gasteiger partial charge in [0.1, 0.15) is 0 Å². The number of nitrogens with one attached hydrogen (secondary N) is 2. The summed E-state index contributed by atoms with van der Waals surface area (Å²) >= 11 is 0. The number of piperidine rings is 1. The average molecular weight is 381 g/mol. The molecule has 2 amide bonds. The van der Waals surface area contributed by atoms with Gasteiger partial charge in [-0.25, -0.2) is 9.59 Å². The molecule has 0 unspecified atom stereocenters. The molecule has 148 valence electrons. The molecule has 2 aromatic rings. The second-order valence-electron chi connectivity index (χ2n) is 7.16. The first kappa shape index (κ1) is 19.9. The molecular formula is C22H27N3O3. The Balaban J connectivity index is 1.49. The summed E-state index contributed by atoms with van der Waals surface area (Å²) in [4.78, 5) is 26.5. The van der Waals surface area contributed by atoms with Crippen molar-refractivity contribution in [1.82, 2.24) is 10.2 Å². The van der Waals surface area contributed by atoms with Gasteiger partial charge in [0.25, 0.3) is 0 Å². The van der Waals surface area contributed by atoms with Crippen molar-refractivity contribution < 1.29 is 14.3 Å². The number of esters is 1. The third-order valence-corrected chi connectivity index (χ3v) is 5.08. The normalized spacial score (nSPS) is 15.1. The maximum absolute atomic E-state index is 12.4. The molecule has 3 rings (SSSR count). The number of hydrogen-bond acceptors (Lipinski definition) is 4. The van der Waals surface area contributed by atoms with Gasteiger partial charge in [0.2, 0.25) is 0 Å². The average Bonchev–Trinajstić information content (AvgIpc) is 2.71. The SMILES string of the molecule is COC(=O)c1ccc(C)c(NC(=O)NC2CCN(Cc3ccccc3)CC2)c1. The Morgan fingerprint density at radius 3 is 2.50 bits per heavy atom. The van der Waals surface area contributed by atoms with Crippen LogP contribution in [0.25, 0.3) is 0 Å². The summed E-state index contributed by atoms with van der Waals surface area (Å²) in [5.74, 6) is -0.422. The van der Waals surface area contributed by atoms with E-state index in [0.717, 1.165) is 38.0 Å². The molecule has 2 N–H and O–H groups in total. The third-order valence-electron chi connectivity index (χ3n) is 5.08. The highest BCUT2D eigenvalue weighted by Crippen LogP contribution is 2.18. The Morgan fingerprint density at radius 1 is 1.11 bits per heavy atom. The van der Waals surface area contributed by atoms with Crippen molar-refractivity contribution >= 4 is 17.7 Å². The second kappa shape index (κ2) is 9.37. The Kier molecular flexibility index (Phi) is 6.66. The van der Waals surface area contributed by atoms with Gasteiger partial charge in [-0.3, -0.25) is 4.90 Å². The fraction of sp³-hybridized carbons (Fsp3) is 0.364. The zero-order valence-electron chi connectivity index (χ0n) is 16.4. The molecule has 0 atom stereocenters. The van der Waals surface area contributed by atoms with Crippen LogP contribution in [-0.2, 0) is 11.3 Å². The zero-order chi connectivity index (χ0) is 19.9. The summed E-state index contributed by atoms with van der Waals surface area (Å²) in [5, 5.41) is 5.91. The lowest BCUT2D eigenvalue weighted by atomic mass is 10.0. The zero-order valence-corrected chi connectivity index (χ0v) is 16.4. The summed E-state index contributed by atoms with van der Waals surface area (Å²) in [6.45, 7) is 4.74. The standard InChI is InChI=1S/C22H27N3O3/c1-16-8-9-18(21(26)28-2)14-20(16)24-22(27)23-19-10-12-25(13-11-19)15-17-6-4-3-5-7-17/h3-9,14,19H,10-13,15H2,1-2H3,(H2,23,24,27). The number of hydrogen-bond donors (Lipinski definition) is 2. The van der Waals surface area contributed by atoms with E-state index in [9.17, 15) is 9.59 Å². The second-order valence-corrected chi connectivity index (χ2v) is 7.16. The van der Waals surface area contributed by atoms with Gasteiger partial charge in [-0.05, 0) is 43.0 Å². The number of rotatable bonds is 5. The van der Waals surface area contributed by atoms with Crippen LogP contribution in [-0.4, -0.2) is 43.1 Å². The maximum Gasteiger partial charge on any atom is 0.337 e. The number of likely N-dealkylation sites (tertiary alicyclic amines) is 1. The largest absolute Gasteiger partial charge is 0.465 e. The van der Waals surface area contributed by atoms with E-state index in [1.54, 1.807) is 18.2 Å². The van der Waals surface area contributed by atoms with Gasteiger partial charge in [0, 0.05) is 31.4 Å². The van der Waals surface area contributed by atoms with Crippen LogP contribution in [0.3, 0.4) is 0 Å². The van der Waals surface area contributed by atoms with Crippen LogP contribution in [0.2, 0.25) is 0 Å². The molecule has 28 heavy (non-hydrogen) atoms. The summed E-state index contributed by atoms with van der Waals surface area (Å²) < 4.78 is 4.74. The molecule has 1 aliphatic rings. The predicted molar refractivity (Wildman–Crippen MR) is 109 cm³/mol. The number of carbonyl (C=O) groups is 2. The predicted octanol–water partition coefficient (Wildman–Crippen LogP) is 3.57. The van der Waals surface area contributed by atoms with E-state index < -0.39 is 5.97 Å². The van der Waals surface area contributed by atoms with Crippen molar-refractivity contribution in [2.24, 2.45) is 0 Å². The Hall–Kier alpha value is -2.86. The van der Waals surface area contributed by atoms with Gasteiger partial charge >= 0.3 is 12.0 Å². The number of nitrogens with zero attached hydrogens (tertiary/aromatic N) is 1. The lowest BCUT2D eigenvalue weighted by Crippen LogP contribution is -2.45. The Labute approximate surface area is 165 Å². The minimum Gasteiger partial charge on any atom is -0.465 e. The van der Waals surface area contributed by atoms with Gasteiger partial charge in [-0.2, -0.15) is 0 Å². The van der Waals surface area contributed by atoms with Crippen LogP contribution in [0.15, 0.2) is 48.5 Å². The number of ether oxygens (including phenoxy) is 1. The number of amides is 2. The smallest absolute Gasteiger partial charge is 0.337 e. The van der Waals surface area contributed by atoms with Crippen LogP contribution >= 0.6 is 0 Å². The van der Waals surface area contributed by atoms with Crippen molar-refractivity contribution in [2.75, 3.05) is 25.5 Å². The maximum atomic E-state index is 12.4. The molecule has 0 spiro atoms. The van der Waals surface area contributed by atoms with Gasteiger partial charge in [0.05, 0.1) is 12.7 Å². The third kappa shape index (κ3) is 5.33. The number of urea groups is 1. The molecule has 1 fully saturated rings. The molecule has 1 saturated heterocycles. The molecule has 6 nitrogen and oxygen atoms in total. The molecule has 0 aliphatic carbocycles. The van der Waals surface area contributed by atoms with E-state index in [-0.39, 0.29) is 12.1 Å². The van der Waals surface area contributed by atoms with Gasteiger partial charge in [0.15, 0.2) is 0 Å². The molecule has 6 heteroatoms. The van der Waals surface area contributed by atoms with E-state index in [0.29, 0.717) is 11.3 Å². The van der Waals surface area contributed by atoms with Crippen molar-refractivity contribution in [1.29, 1.82) is 0 Å². The molecule has 2 aromatic carbocycles. The van der Waals surface area contributed by atoms with Gasteiger partial charge in [-0.15, -0.1) is 0 Å². The number of benzene rings is 2. The van der Waals surface area contributed by atoms with Crippen LogP contribution < -0.4 is 10.6 Å².